The zero-order valence-corrected chi connectivity index (χ0v) is 14.0. The second-order valence-corrected chi connectivity index (χ2v) is 6.69. The van der Waals surface area contributed by atoms with Gasteiger partial charge >= 0.3 is 0 Å². The van der Waals surface area contributed by atoms with Crippen molar-refractivity contribution < 1.29 is 14.0 Å². The molecule has 1 N–H and O–H groups in total. The predicted octanol–water partition coefficient (Wildman–Crippen LogP) is 3.56. The molecule has 124 valence electrons. The SMILES string of the molecule is CC(=O)Nc1ccc(C2SCC(=O)N2Cc2cccc(F)c2)cc1. The van der Waals surface area contributed by atoms with Crippen LogP contribution in [0.4, 0.5) is 10.1 Å². The Kier molecular flexibility index (Phi) is 4.85. The van der Waals surface area contributed by atoms with Gasteiger partial charge in [0.1, 0.15) is 11.2 Å². The number of carbonyl (C=O) groups excluding carboxylic acids is 2. The second kappa shape index (κ2) is 7.05. The molecule has 0 bridgehead atoms. The number of hydrogen-bond acceptors (Lipinski definition) is 3. The Morgan fingerprint density at radius 2 is 2.04 bits per heavy atom. The molecular weight excluding hydrogens is 327 g/mol. The summed E-state index contributed by atoms with van der Waals surface area (Å²) in [6.45, 7) is 1.84. The van der Waals surface area contributed by atoms with Crippen molar-refractivity contribution in [2.45, 2.75) is 18.8 Å². The van der Waals surface area contributed by atoms with Crippen LogP contribution in [-0.2, 0) is 16.1 Å². The number of benzene rings is 2. The molecule has 1 saturated heterocycles. The van der Waals surface area contributed by atoms with Crippen molar-refractivity contribution in [3.05, 3.63) is 65.5 Å². The van der Waals surface area contributed by atoms with Crippen molar-refractivity contribution >= 4 is 29.3 Å². The van der Waals surface area contributed by atoms with E-state index < -0.39 is 0 Å². The molecule has 0 saturated carbocycles. The predicted molar refractivity (Wildman–Crippen MR) is 92.9 cm³/mol. The third-order valence-electron chi connectivity index (χ3n) is 3.73. The summed E-state index contributed by atoms with van der Waals surface area (Å²) in [5.74, 6) is 0.0251. The number of nitrogens with one attached hydrogen (secondary N) is 1. The van der Waals surface area contributed by atoms with Crippen LogP contribution in [0.2, 0.25) is 0 Å². The first-order valence-corrected chi connectivity index (χ1v) is 8.61. The van der Waals surface area contributed by atoms with Crippen LogP contribution in [0.25, 0.3) is 0 Å². The third-order valence-corrected chi connectivity index (χ3v) is 4.98. The molecule has 1 atom stereocenters. The molecule has 0 radical (unpaired) electrons. The molecule has 1 aliphatic rings. The molecular formula is C18H17FN2O2S. The van der Waals surface area contributed by atoms with Crippen LogP contribution in [0.15, 0.2) is 48.5 Å². The summed E-state index contributed by atoms with van der Waals surface area (Å²) in [7, 11) is 0. The minimum absolute atomic E-state index is 0.0419. The highest BCUT2D eigenvalue weighted by molar-refractivity contribution is 8.00. The Bertz CT molecular complexity index is 764. The molecule has 0 aliphatic carbocycles. The molecule has 1 unspecified atom stereocenters. The van der Waals surface area contributed by atoms with Gasteiger partial charge in [-0.2, -0.15) is 0 Å². The van der Waals surface area contributed by atoms with Gasteiger partial charge in [0, 0.05) is 19.2 Å². The van der Waals surface area contributed by atoms with Crippen molar-refractivity contribution in [2.24, 2.45) is 0 Å². The number of amides is 2. The molecule has 1 heterocycles. The molecule has 1 aliphatic heterocycles. The zero-order valence-electron chi connectivity index (χ0n) is 13.2. The summed E-state index contributed by atoms with van der Waals surface area (Å²) in [4.78, 5) is 25.1. The maximum atomic E-state index is 13.4. The van der Waals surface area contributed by atoms with Crippen LogP contribution in [0.3, 0.4) is 0 Å². The molecule has 1 fully saturated rings. The number of nitrogens with zero attached hydrogens (tertiary/aromatic N) is 1. The first-order valence-electron chi connectivity index (χ1n) is 7.56. The Balaban J connectivity index is 1.78. The third kappa shape index (κ3) is 3.76. The van der Waals surface area contributed by atoms with Gasteiger partial charge in [0.2, 0.25) is 11.8 Å². The van der Waals surface area contributed by atoms with Crippen LogP contribution >= 0.6 is 11.8 Å². The Hall–Kier alpha value is -2.34. The van der Waals surface area contributed by atoms with E-state index in [1.54, 1.807) is 22.7 Å². The Morgan fingerprint density at radius 3 is 2.71 bits per heavy atom. The minimum Gasteiger partial charge on any atom is -0.326 e. The topological polar surface area (TPSA) is 49.4 Å². The van der Waals surface area contributed by atoms with E-state index in [0.29, 0.717) is 12.3 Å². The maximum absolute atomic E-state index is 13.4. The van der Waals surface area contributed by atoms with Crippen molar-refractivity contribution in [1.82, 2.24) is 4.90 Å². The van der Waals surface area contributed by atoms with Gasteiger partial charge in [-0.3, -0.25) is 9.59 Å². The lowest BCUT2D eigenvalue weighted by Crippen LogP contribution is -2.27. The second-order valence-electron chi connectivity index (χ2n) is 5.62. The van der Waals surface area contributed by atoms with Crippen molar-refractivity contribution in [3.8, 4) is 0 Å². The monoisotopic (exact) mass is 344 g/mol. The van der Waals surface area contributed by atoms with Gasteiger partial charge in [0.15, 0.2) is 0 Å². The summed E-state index contributed by atoms with van der Waals surface area (Å²) in [5.41, 5.74) is 2.47. The molecule has 2 amide bonds. The number of halogens is 1. The highest BCUT2D eigenvalue weighted by atomic mass is 32.2. The van der Waals surface area contributed by atoms with E-state index in [2.05, 4.69) is 5.32 Å². The van der Waals surface area contributed by atoms with Crippen LogP contribution in [0.5, 0.6) is 0 Å². The maximum Gasteiger partial charge on any atom is 0.234 e. The lowest BCUT2D eigenvalue weighted by molar-refractivity contribution is -0.128. The standard InChI is InChI=1S/C18H17FN2O2S/c1-12(22)20-16-7-5-14(6-8-16)18-21(17(23)11-24-18)10-13-3-2-4-15(19)9-13/h2-9,18H,10-11H2,1H3,(H,20,22). The number of rotatable bonds is 4. The smallest absolute Gasteiger partial charge is 0.234 e. The average Bonchev–Trinajstić information content (AvgIpc) is 2.89. The van der Waals surface area contributed by atoms with E-state index in [1.807, 2.05) is 30.3 Å². The molecule has 2 aromatic carbocycles. The van der Waals surface area contributed by atoms with Gasteiger partial charge in [0.25, 0.3) is 0 Å². The number of carbonyl (C=O) groups is 2. The fourth-order valence-electron chi connectivity index (χ4n) is 2.67. The highest BCUT2D eigenvalue weighted by Crippen LogP contribution is 2.39. The number of hydrogen-bond donors (Lipinski definition) is 1. The fourth-order valence-corrected chi connectivity index (χ4v) is 3.86. The van der Waals surface area contributed by atoms with Crippen LogP contribution in [-0.4, -0.2) is 22.5 Å². The molecule has 0 aromatic heterocycles. The van der Waals surface area contributed by atoms with Gasteiger partial charge in [-0.15, -0.1) is 11.8 Å². The van der Waals surface area contributed by atoms with E-state index >= 15 is 0 Å². The van der Waals surface area contributed by atoms with Gasteiger partial charge < -0.3 is 10.2 Å². The summed E-state index contributed by atoms with van der Waals surface area (Å²) in [6.07, 6.45) is 0. The van der Waals surface area contributed by atoms with E-state index in [1.165, 1.54) is 19.1 Å². The van der Waals surface area contributed by atoms with Gasteiger partial charge in [0.05, 0.1) is 5.75 Å². The van der Waals surface area contributed by atoms with Crippen molar-refractivity contribution in [3.63, 3.8) is 0 Å². The molecule has 0 spiro atoms. The quantitative estimate of drug-likeness (QED) is 0.923. The number of anilines is 1. The van der Waals surface area contributed by atoms with E-state index in [9.17, 15) is 14.0 Å². The first kappa shape index (κ1) is 16.5. The molecule has 3 rings (SSSR count). The lowest BCUT2D eigenvalue weighted by Gasteiger charge is -2.24. The molecule has 2 aromatic rings. The summed E-state index contributed by atoms with van der Waals surface area (Å²) < 4.78 is 13.4. The van der Waals surface area contributed by atoms with Gasteiger partial charge in [-0.25, -0.2) is 4.39 Å². The average molecular weight is 344 g/mol. The number of thioether (sulfide) groups is 1. The van der Waals surface area contributed by atoms with E-state index in [-0.39, 0.29) is 23.0 Å². The largest absolute Gasteiger partial charge is 0.326 e. The zero-order chi connectivity index (χ0) is 17.1. The fraction of sp³-hybridized carbons (Fsp3) is 0.222. The summed E-state index contributed by atoms with van der Waals surface area (Å²) in [5, 5.41) is 2.62. The first-order chi connectivity index (χ1) is 11.5. The molecule has 24 heavy (non-hydrogen) atoms. The van der Waals surface area contributed by atoms with Crippen LogP contribution in [0, 0.1) is 5.82 Å². The molecule has 6 heteroatoms. The summed E-state index contributed by atoms with van der Waals surface area (Å²) >= 11 is 1.55. The van der Waals surface area contributed by atoms with Gasteiger partial charge in [-0.05, 0) is 35.4 Å². The minimum atomic E-state index is -0.303. The van der Waals surface area contributed by atoms with Gasteiger partial charge in [-0.1, -0.05) is 24.3 Å². The van der Waals surface area contributed by atoms with Crippen LogP contribution in [0.1, 0.15) is 23.4 Å². The highest BCUT2D eigenvalue weighted by Gasteiger charge is 2.32. The molecule has 4 nitrogen and oxygen atoms in total. The van der Waals surface area contributed by atoms with Crippen molar-refractivity contribution in [2.75, 3.05) is 11.1 Å². The van der Waals surface area contributed by atoms with E-state index in [4.69, 9.17) is 0 Å². The van der Waals surface area contributed by atoms with Crippen LogP contribution < -0.4 is 5.32 Å². The normalized spacial score (nSPS) is 17.2. The van der Waals surface area contributed by atoms with E-state index in [0.717, 1.165) is 16.8 Å². The Labute approximate surface area is 144 Å². The Morgan fingerprint density at radius 1 is 1.29 bits per heavy atom. The van der Waals surface area contributed by atoms with Crippen molar-refractivity contribution in [1.29, 1.82) is 0 Å². The summed E-state index contributed by atoms with van der Waals surface area (Å²) in [6, 6.07) is 13.8. The lowest BCUT2D eigenvalue weighted by atomic mass is 10.1.